The summed E-state index contributed by atoms with van der Waals surface area (Å²) < 4.78 is 0. The molecule has 0 aromatic carbocycles. The van der Waals surface area contributed by atoms with Gasteiger partial charge in [-0.1, -0.05) is 6.08 Å². The number of anilines is 1. The number of amides is 1. The van der Waals surface area contributed by atoms with E-state index in [2.05, 4.69) is 21.7 Å². The second-order valence-corrected chi connectivity index (χ2v) is 8.36. The minimum Gasteiger partial charge on any atom is -0.367 e. The number of aromatic amines is 1. The first-order valence-corrected chi connectivity index (χ1v) is 10.8. The zero-order chi connectivity index (χ0) is 22.5. The highest BCUT2D eigenvalue weighted by molar-refractivity contribution is 6.05. The molecular formula is C24H31N5O2. The van der Waals surface area contributed by atoms with Crippen molar-refractivity contribution in [2.24, 2.45) is 0 Å². The average molecular weight is 422 g/mol. The number of nitrogens with one attached hydrogen (secondary N) is 4. The lowest BCUT2D eigenvalue weighted by Crippen LogP contribution is -2.29. The van der Waals surface area contributed by atoms with Gasteiger partial charge in [-0.2, -0.15) is 0 Å². The van der Waals surface area contributed by atoms with E-state index in [1.807, 2.05) is 33.8 Å². The molecule has 0 bridgehead atoms. The molecule has 0 saturated heterocycles. The molecule has 3 rings (SSSR count). The molecule has 0 spiro atoms. The summed E-state index contributed by atoms with van der Waals surface area (Å²) in [4.78, 5) is 33.0. The molecule has 0 saturated carbocycles. The number of rotatable bonds is 7. The van der Waals surface area contributed by atoms with E-state index in [4.69, 9.17) is 10.4 Å². The Morgan fingerprint density at radius 2 is 2.06 bits per heavy atom. The van der Waals surface area contributed by atoms with Crippen LogP contribution in [0.5, 0.6) is 0 Å². The van der Waals surface area contributed by atoms with Crippen molar-refractivity contribution in [1.29, 1.82) is 5.41 Å². The molecule has 0 aliphatic heterocycles. The summed E-state index contributed by atoms with van der Waals surface area (Å²) in [6.45, 7) is 7.79. The minimum absolute atomic E-state index is 0.103. The van der Waals surface area contributed by atoms with Crippen molar-refractivity contribution in [2.45, 2.75) is 66.0 Å². The van der Waals surface area contributed by atoms with Gasteiger partial charge in [0.2, 0.25) is 0 Å². The summed E-state index contributed by atoms with van der Waals surface area (Å²) in [5, 5.41) is 14.0. The predicted molar refractivity (Wildman–Crippen MR) is 125 cm³/mol. The zero-order valence-corrected chi connectivity index (χ0v) is 18.7. The van der Waals surface area contributed by atoms with Crippen LogP contribution in [-0.2, 0) is 6.54 Å². The van der Waals surface area contributed by atoms with Crippen LogP contribution in [0.2, 0.25) is 0 Å². The fraction of sp³-hybridized carbons (Fsp3) is 0.417. The molecule has 1 aliphatic rings. The largest absolute Gasteiger partial charge is 0.367 e. The highest BCUT2D eigenvalue weighted by Gasteiger charge is 2.20. The number of aromatic nitrogens is 2. The fourth-order valence-electron chi connectivity index (χ4n) is 3.87. The third-order valence-corrected chi connectivity index (χ3v) is 5.41. The maximum absolute atomic E-state index is 13.2. The van der Waals surface area contributed by atoms with E-state index in [-0.39, 0.29) is 24.1 Å². The van der Waals surface area contributed by atoms with Crippen LogP contribution in [-0.4, -0.2) is 28.1 Å². The van der Waals surface area contributed by atoms with Gasteiger partial charge in [0.1, 0.15) is 5.82 Å². The van der Waals surface area contributed by atoms with E-state index in [1.165, 1.54) is 0 Å². The molecular weight excluding hydrogens is 390 g/mol. The summed E-state index contributed by atoms with van der Waals surface area (Å²) in [5.41, 5.74) is 4.68. The Bertz CT molecular complexity index is 1080. The van der Waals surface area contributed by atoms with Crippen LogP contribution in [0.3, 0.4) is 0 Å². The number of allylic oxidation sites excluding steroid dienone is 2. The topological polar surface area (TPSA) is 111 Å². The molecule has 2 heterocycles. The average Bonchev–Trinajstić information content (AvgIpc) is 2.72. The van der Waals surface area contributed by atoms with Gasteiger partial charge in [0.25, 0.3) is 11.5 Å². The number of hydrogen-bond acceptors (Lipinski definition) is 5. The van der Waals surface area contributed by atoms with Crippen molar-refractivity contribution in [3.05, 3.63) is 62.2 Å². The maximum atomic E-state index is 13.2. The molecule has 4 N–H and O–H groups in total. The van der Waals surface area contributed by atoms with Crippen LogP contribution >= 0.6 is 0 Å². The smallest absolute Gasteiger partial charge is 0.253 e. The SMILES string of the molecule is Cc1cc(C)c(CNC(=O)c2cc(C3=CCCCC3)nc(NC(C)C)c2C=N)c(=O)[nH]1. The first kappa shape index (κ1) is 22.5. The number of carbonyl (C=O) groups excluding carboxylic acids is 1. The zero-order valence-electron chi connectivity index (χ0n) is 18.7. The molecule has 0 atom stereocenters. The van der Waals surface area contributed by atoms with Crippen LogP contribution in [0.25, 0.3) is 5.57 Å². The van der Waals surface area contributed by atoms with Crippen molar-refractivity contribution in [2.75, 3.05) is 5.32 Å². The Balaban J connectivity index is 1.97. The Hall–Kier alpha value is -3.22. The third kappa shape index (κ3) is 5.29. The molecule has 0 fully saturated rings. The highest BCUT2D eigenvalue weighted by atomic mass is 16.1. The van der Waals surface area contributed by atoms with Gasteiger partial charge in [0.05, 0.1) is 11.3 Å². The lowest BCUT2D eigenvalue weighted by atomic mass is 9.95. The Labute approximate surface area is 182 Å². The van der Waals surface area contributed by atoms with Crippen LogP contribution in [0.4, 0.5) is 5.82 Å². The lowest BCUT2D eigenvalue weighted by Gasteiger charge is -2.19. The molecule has 1 aliphatic carbocycles. The van der Waals surface area contributed by atoms with E-state index >= 15 is 0 Å². The van der Waals surface area contributed by atoms with Crippen LogP contribution in [0.1, 0.15) is 78.0 Å². The molecule has 1 amide bonds. The monoisotopic (exact) mass is 421 g/mol. The number of carbonyl (C=O) groups is 1. The van der Waals surface area contributed by atoms with Gasteiger partial charge in [-0.25, -0.2) is 4.98 Å². The quantitative estimate of drug-likeness (QED) is 0.505. The Morgan fingerprint density at radius 1 is 1.29 bits per heavy atom. The molecule has 0 unspecified atom stereocenters. The summed E-state index contributed by atoms with van der Waals surface area (Å²) in [6.07, 6.45) is 7.55. The van der Waals surface area contributed by atoms with E-state index in [0.717, 1.165) is 54.4 Å². The first-order chi connectivity index (χ1) is 14.8. The van der Waals surface area contributed by atoms with E-state index in [9.17, 15) is 9.59 Å². The van der Waals surface area contributed by atoms with Crippen LogP contribution in [0.15, 0.2) is 23.0 Å². The van der Waals surface area contributed by atoms with Gasteiger partial charge in [-0.15, -0.1) is 0 Å². The predicted octanol–water partition coefficient (Wildman–Crippen LogP) is 4.09. The van der Waals surface area contributed by atoms with Crippen molar-refractivity contribution in [1.82, 2.24) is 15.3 Å². The molecule has 31 heavy (non-hydrogen) atoms. The fourth-order valence-corrected chi connectivity index (χ4v) is 3.87. The maximum Gasteiger partial charge on any atom is 0.253 e. The molecule has 7 nitrogen and oxygen atoms in total. The van der Waals surface area contributed by atoms with Gasteiger partial charge in [-0.3, -0.25) is 9.59 Å². The van der Waals surface area contributed by atoms with Crippen LogP contribution in [0, 0.1) is 19.3 Å². The summed E-state index contributed by atoms with van der Waals surface area (Å²) in [5.74, 6) is 0.202. The second-order valence-electron chi connectivity index (χ2n) is 8.36. The summed E-state index contributed by atoms with van der Waals surface area (Å²) >= 11 is 0. The number of H-pyrrole nitrogens is 1. The third-order valence-electron chi connectivity index (χ3n) is 5.41. The number of pyridine rings is 2. The second kappa shape index (κ2) is 9.73. The number of hydrogen-bond donors (Lipinski definition) is 4. The lowest BCUT2D eigenvalue weighted by molar-refractivity contribution is 0.0950. The number of aryl methyl sites for hydroxylation is 2. The molecule has 164 valence electrons. The van der Waals surface area contributed by atoms with E-state index in [0.29, 0.717) is 22.5 Å². The van der Waals surface area contributed by atoms with Gasteiger partial charge >= 0.3 is 0 Å². The van der Waals surface area contributed by atoms with Gasteiger partial charge in [0.15, 0.2) is 0 Å². The molecule has 2 aromatic rings. The van der Waals surface area contributed by atoms with Gasteiger partial charge < -0.3 is 21.0 Å². The standard InChI is InChI=1S/C24H31N5O2/c1-14(2)27-22-19(12-25)18(11-21(29-22)17-8-6-5-7-9-17)23(30)26-13-20-15(3)10-16(4)28-24(20)31/h8,10-12,14,25H,5-7,9,13H2,1-4H3,(H,26,30)(H,27,29)(H,28,31). The Morgan fingerprint density at radius 3 is 2.68 bits per heavy atom. The number of nitrogens with zero attached hydrogens (tertiary/aromatic N) is 1. The minimum atomic E-state index is -0.329. The normalized spacial score (nSPS) is 13.6. The van der Waals surface area contributed by atoms with Crippen molar-refractivity contribution in [3.63, 3.8) is 0 Å². The summed E-state index contributed by atoms with van der Waals surface area (Å²) in [6, 6.07) is 3.76. The molecule has 0 radical (unpaired) electrons. The van der Waals surface area contributed by atoms with E-state index in [1.54, 1.807) is 6.07 Å². The Kier molecular flexibility index (Phi) is 7.05. The van der Waals surface area contributed by atoms with Crippen molar-refractivity contribution >= 4 is 23.5 Å². The first-order valence-electron chi connectivity index (χ1n) is 10.8. The molecule has 2 aromatic heterocycles. The van der Waals surface area contributed by atoms with Crippen LogP contribution < -0.4 is 16.2 Å². The molecule has 7 heteroatoms. The highest BCUT2D eigenvalue weighted by Crippen LogP contribution is 2.29. The van der Waals surface area contributed by atoms with Gasteiger partial charge in [0, 0.05) is 35.6 Å². The summed E-state index contributed by atoms with van der Waals surface area (Å²) in [7, 11) is 0. The van der Waals surface area contributed by atoms with Gasteiger partial charge in [-0.05, 0) is 76.6 Å². The van der Waals surface area contributed by atoms with Crippen molar-refractivity contribution < 1.29 is 4.79 Å². The van der Waals surface area contributed by atoms with E-state index < -0.39 is 0 Å². The van der Waals surface area contributed by atoms with Crippen molar-refractivity contribution in [3.8, 4) is 0 Å².